The topological polar surface area (TPSA) is 66.9 Å². The molecular formula is C21H22N4O. The van der Waals surface area contributed by atoms with Crippen molar-refractivity contribution in [3.63, 3.8) is 0 Å². The number of amides is 1. The number of hydrogen-bond acceptors (Lipinski definition) is 4. The predicted molar refractivity (Wildman–Crippen MR) is 105 cm³/mol. The summed E-state index contributed by atoms with van der Waals surface area (Å²) in [6.07, 6.45) is 0.451. The molecule has 132 valence electrons. The highest BCUT2D eigenvalue weighted by molar-refractivity contribution is 5.90. The Morgan fingerprint density at radius 3 is 2.19 bits per heavy atom. The van der Waals surface area contributed by atoms with Gasteiger partial charge in [-0.1, -0.05) is 62.4 Å². The predicted octanol–water partition coefficient (Wildman–Crippen LogP) is 4.87. The second-order valence-electron chi connectivity index (χ2n) is 6.47. The van der Waals surface area contributed by atoms with Crippen LogP contribution in [-0.2, 0) is 4.79 Å². The van der Waals surface area contributed by atoms with Gasteiger partial charge in [0.15, 0.2) is 5.82 Å². The second kappa shape index (κ2) is 8.25. The van der Waals surface area contributed by atoms with Crippen molar-refractivity contribution in [2.24, 2.45) is 5.92 Å². The lowest BCUT2D eigenvalue weighted by Crippen LogP contribution is -2.15. The van der Waals surface area contributed by atoms with E-state index in [2.05, 4.69) is 20.6 Å². The summed E-state index contributed by atoms with van der Waals surface area (Å²) in [4.78, 5) is 21.3. The normalized spacial score (nSPS) is 10.6. The van der Waals surface area contributed by atoms with Crippen molar-refractivity contribution in [1.29, 1.82) is 0 Å². The summed E-state index contributed by atoms with van der Waals surface area (Å²) in [5, 5.41) is 6.15. The minimum absolute atomic E-state index is 0.0524. The van der Waals surface area contributed by atoms with Crippen LogP contribution in [0.5, 0.6) is 0 Å². The Bertz CT molecular complexity index is 864. The van der Waals surface area contributed by atoms with Gasteiger partial charge in [0, 0.05) is 23.7 Å². The summed E-state index contributed by atoms with van der Waals surface area (Å²) < 4.78 is 0. The number of hydrogen-bond donors (Lipinski definition) is 2. The molecule has 5 nitrogen and oxygen atoms in total. The molecule has 0 aliphatic heterocycles. The van der Waals surface area contributed by atoms with E-state index in [1.165, 1.54) is 0 Å². The van der Waals surface area contributed by atoms with Crippen molar-refractivity contribution in [1.82, 2.24) is 9.97 Å². The molecule has 2 N–H and O–H groups in total. The maximum Gasteiger partial charge on any atom is 0.225 e. The van der Waals surface area contributed by atoms with Gasteiger partial charge in [-0.05, 0) is 18.1 Å². The Hall–Kier alpha value is -3.21. The summed E-state index contributed by atoms with van der Waals surface area (Å²) in [6, 6.07) is 21.2. The monoisotopic (exact) mass is 346 g/mol. The number of carbonyl (C=O) groups is 1. The SMILES string of the molecule is CC(C)CC(=O)Nc1cc(Nc2ccccc2)nc(-c2ccccc2)n1. The standard InChI is InChI=1S/C21H22N4O/c1-15(2)13-20(26)23-19-14-18(22-17-11-7-4-8-12-17)24-21(25-19)16-9-5-3-6-10-16/h3-12,14-15H,13H2,1-2H3,(H2,22,23,24,25,26). The molecule has 1 heterocycles. The number of carbonyl (C=O) groups excluding carboxylic acids is 1. The van der Waals surface area contributed by atoms with Crippen LogP contribution in [0.4, 0.5) is 17.3 Å². The first kappa shape index (κ1) is 17.6. The van der Waals surface area contributed by atoms with Crippen molar-refractivity contribution in [3.05, 3.63) is 66.7 Å². The number of para-hydroxylation sites is 1. The fourth-order valence-electron chi connectivity index (χ4n) is 2.53. The summed E-state index contributed by atoms with van der Waals surface area (Å²) in [6.45, 7) is 4.02. The third kappa shape index (κ3) is 4.89. The lowest BCUT2D eigenvalue weighted by atomic mass is 10.1. The lowest BCUT2D eigenvalue weighted by Gasteiger charge is -2.12. The zero-order valence-corrected chi connectivity index (χ0v) is 14.9. The van der Waals surface area contributed by atoms with Gasteiger partial charge in [0.25, 0.3) is 0 Å². The van der Waals surface area contributed by atoms with Crippen molar-refractivity contribution < 1.29 is 4.79 Å². The first-order valence-electron chi connectivity index (χ1n) is 8.66. The molecule has 0 unspecified atom stereocenters. The molecule has 3 aromatic rings. The van der Waals surface area contributed by atoms with E-state index < -0.39 is 0 Å². The highest BCUT2D eigenvalue weighted by atomic mass is 16.1. The Labute approximate surface area is 153 Å². The van der Waals surface area contributed by atoms with Crippen LogP contribution in [0.15, 0.2) is 66.7 Å². The first-order valence-corrected chi connectivity index (χ1v) is 8.66. The molecule has 1 amide bonds. The summed E-state index contributed by atoms with van der Waals surface area (Å²) >= 11 is 0. The fourth-order valence-corrected chi connectivity index (χ4v) is 2.53. The Morgan fingerprint density at radius 2 is 1.54 bits per heavy atom. The lowest BCUT2D eigenvalue weighted by molar-refractivity contribution is -0.116. The van der Waals surface area contributed by atoms with Crippen molar-refractivity contribution in [2.45, 2.75) is 20.3 Å². The van der Waals surface area contributed by atoms with Gasteiger partial charge in [-0.3, -0.25) is 4.79 Å². The number of anilines is 3. The highest BCUT2D eigenvalue weighted by Gasteiger charge is 2.11. The maximum absolute atomic E-state index is 12.1. The number of nitrogens with zero attached hydrogens (tertiary/aromatic N) is 2. The van der Waals surface area contributed by atoms with E-state index in [-0.39, 0.29) is 11.8 Å². The summed E-state index contributed by atoms with van der Waals surface area (Å²) in [5.74, 6) is 1.91. The van der Waals surface area contributed by atoms with Crippen LogP contribution < -0.4 is 10.6 Å². The van der Waals surface area contributed by atoms with Crippen molar-refractivity contribution in [2.75, 3.05) is 10.6 Å². The quantitative estimate of drug-likeness (QED) is 0.668. The molecule has 3 rings (SSSR count). The molecule has 0 spiro atoms. The molecule has 0 aliphatic carbocycles. The minimum Gasteiger partial charge on any atom is -0.340 e. The molecule has 1 aromatic heterocycles. The number of aromatic nitrogens is 2. The van der Waals surface area contributed by atoms with Crippen molar-refractivity contribution in [3.8, 4) is 11.4 Å². The van der Waals surface area contributed by atoms with Gasteiger partial charge in [0.1, 0.15) is 11.6 Å². The van der Waals surface area contributed by atoms with E-state index in [9.17, 15) is 4.79 Å². The van der Waals surface area contributed by atoms with Crippen LogP contribution in [0.1, 0.15) is 20.3 Å². The van der Waals surface area contributed by atoms with Crippen LogP contribution in [0.25, 0.3) is 11.4 Å². The summed E-state index contributed by atoms with van der Waals surface area (Å²) in [7, 11) is 0. The van der Waals surface area contributed by atoms with Gasteiger partial charge in [0.2, 0.25) is 5.91 Å². The average Bonchev–Trinajstić information content (AvgIpc) is 2.62. The number of nitrogens with one attached hydrogen (secondary N) is 2. The van der Waals surface area contributed by atoms with Crippen LogP contribution >= 0.6 is 0 Å². The number of benzene rings is 2. The third-order valence-corrected chi connectivity index (χ3v) is 3.67. The molecule has 0 aliphatic rings. The van der Waals surface area contributed by atoms with E-state index in [1.54, 1.807) is 6.07 Å². The molecule has 5 heteroatoms. The van der Waals surface area contributed by atoms with Crippen LogP contribution in [0.3, 0.4) is 0 Å². The molecule has 0 fully saturated rings. The van der Waals surface area contributed by atoms with Crippen molar-refractivity contribution >= 4 is 23.2 Å². The van der Waals surface area contributed by atoms with E-state index in [1.807, 2.05) is 74.5 Å². The Balaban J connectivity index is 1.92. The zero-order chi connectivity index (χ0) is 18.4. The second-order valence-corrected chi connectivity index (χ2v) is 6.47. The smallest absolute Gasteiger partial charge is 0.225 e. The molecule has 0 atom stereocenters. The Morgan fingerprint density at radius 1 is 0.923 bits per heavy atom. The molecule has 0 saturated heterocycles. The van der Waals surface area contributed by atoms with Gasteiger partial charge in [-0.2, -0.15) is 0 Å². The highest BCUT2D eigenvalue weighted by Crippen LogP contribution is 2.23. The van der Waals surface area contributed by atoms with E-state index in [4.69, 9.17) is 0 Å². The minimum atomic E-state index is -0.0524. The zero-order valence-electron chi connectivity index (χ0n) is 14.9. The van der Waals surface area contributed by atoms with Crippen LogP contribution in [0.2, 0.25) is 0 Å². The van der Waals surface area contributed by atoms with E-state index >= 15 is 0 Å². The molecular weight excluding hydrogens is 324 g/mol. The molecule has 0 saturated carbocycles. The molecule has 0 bridgehead atoms. The Kier molecular flexibility index (Phi) is 5.59. The maximum atomic E-state index is 12.1. The van der Waals surface area contributed by atoms with Crippen LogP contribution in [-0.4, -0.2) is 15.9 Å². The van der Waals surface area contributed by atoms with Crippen LogP contribution in [0, 0.1) is 5.92 Å². The van der Waals surface area contributed by atoms with E-state index in [0.717, 1.165) is 11.3 Å². The first-order chi connectivity index (χ1) is 12.6. The molecule has 0 radical (unpaired) electrons. The van der Waals surface area contributed by atoms with Gasteiger partial charge >= 0.3 is 0 Å². The van der Waals surface area contributed by atoms with Gasteiger partial charge in [-0.15, -0.1) is 0 Å². The fraction of sp³-hybridized carbons (Fsp3) is 0.190. The van der Waals surface area contributed by atoms with Gasteiger partial charge in [0.05, 0.1) is 0 Å². The van der Waals surface area contributed by atoms with Gasteiger partial charge < -0.3 is 10.6 Å². The number of rotatable bonds is 6. The third-order valence-electron chi connectivity index (χ3n) is 3.67. The van der Waals surface area contributed by atoms with Gasteiger partial charge in [-0.25, -0.2) is 9.97 Å². The van der Waals surface area contributed by atoms with E-state index in [0.29, 0.717) is 23.9 Å². The molecule has 2 aromatic carbocycles. The molecule has 26 heavy (non-hydrogen) atoms. The summed E-state index contributed by atoms with van der Waals surface area (Å²) in [5.41, 5.74) is 1.81. The largest absolute Gasteiger partial charge is 0.340 e. The average molecular weight is 346 g/mol.